The Hall–Kier alpha value is -3.16. The molecule has 0 saturated carbocycles. The molecule has 438 valence electrons. The van der Waals surface area contributed by atoms with Crippen LogP contribution < -0.4 is 5.32 Å². The average molecular weight is 1070 g/mol. The van der Waals surface area contributed by atoms with Crippen LogP contribution in [0.1, 0.15) is 252 Å². The van der Waals surface area contributed by atoms with Gasteiger partial charge in [0.2, 0.25) is 5.91 Å². The number of aliphatic hydroxyl groups excluding tert-OH is 5. The number of rotatable bonds is 51. The maximum atomic E-state index is 13.4. The number of aliphatic hydroxyl groups is 5. The van der Waals surface area contributed by atoms with Gasteiger partial charge in [-0.05, 0) is 96.3 Å². The Balaban J connectivity index is 2.68. The van der Waals surface area contributed by atoms with Crippen LogP contribution in [0.4, 0.5) is 0 Å². The third-order valence-corrected chi connectivity index (χ3v) is 14.0. The SMILES string of the molecule is CC/C=C\C/C=C\C/C=C\C/C=C\C/C=C\CCCCCCCCC(O)C(=O)NC(COC1OC(CO)C(O)C(O)C1OC(=O)CCCCC/C=C\CCCCCCCCC)C(O)/C=C/CCCCCCCCCCC. The Labute approximate surface area is 463 Å². The minimum absolute atomic E-state index is 0.0993. The first-order valence-electron chi connectivity index (χ1n) is 30.9. The Morgan fingerprint density at radius 2 is 0.947 bits per heavy atom. The van der Waals surface area contributed by atoms with Gasteiger partial charge in [0.1, 0.15) is 24.4 Å². The number of nitrogens with one attached hydrogen (secondary N) is 1. The van der Waals surface area contributed by atoms with E-state index >= 15 is 0 Å². The van der Waals surface area contributed by atoms with E-state index in [2.05, 4.69) is 99.0 Å². The van der Waals surface area contributed by atoms with Gasteiger partial charge in [0.05, 0.1) is 25.4 Å². The van der Waals surface area contributed by atoms with E-state index in [1.165, 1.54) is 83.5 Å². The molecule has 6 N–H and O–H groups in total. The van der Waals surface area contributed by atoms with Crippen LogP contribution in [0.2, 0.25) is 0 Å². The van der Waals surface area contributed by atoms with Gasteiger partial charge in [0.15, 0.2) is 12.4 Å². The van der Waals surface area contributed by atoms with Crippen molar-refractivity contribution in [3.8, 4) is 0 Å². The highest BCUT2D eigenvalue weighted by atomic mass is 16.7. The fourth-order valence-electron chi connectivity index (χ4n) is 9.14. The van der Waals surface area contributed by atoms with Crippen molar-refractivity contribution in [3.63, 3.8) is 0 Å². The van der Waals surface area contributed by atoms with Crippen LogP contribution in [0.5, 0.6) is 0 Å². The predicted molar refractivity (Wildman–Crippen MR) is 315 cm³/mol. The molecule has 0 bridgehead atoms. The maximum absolute atomic E-state index is 13.4. The van der Waals surface area contributed by atoms with E-state index < -0.39 is 67.4 Å². The number of unbranched alkanes of at least 4 members (excludes halogenated alkanes) is 25. The molecule has 76 heavy (non-hydrogen) atoms. The normalized spacial score (nSPS) is 19.7. The van der Waals surface area contributed by atoms with Crippen LogP contribution in [0.25, 0.3) is 0 Å². The zero-order valence-electron chi connectivity index (χ0n) is 48.3. The Morgan fingerprint density at radius 3 is 1.43 bits per heavy atom. The zero-order chi connectivity index (χ0) is 55.4. The van der Waals surface area contributed by atoms with E-state index in [1.807, 2.05) is 6.08 Å². The first-order valence-corrected chi connectivity index (χ1v) is 30.9. The number of hydrogen-bond acceptors (Lipinski definition) is 10. The topological polar surface area (TPSA) is 175 Å². The lowest BCUT2D eigenvalue weighted by molar-refractivity contribution is -0.305. The minimum Gasteiger partial charge on any atom is -0.454 e. The number of allylic oxidation sites excluding steroid dienone is 13. The molecule has 1 saturated heterocycles. The van der Waals surface area contributed by atoms with Crippen molar-refractivity contribution in [2.24, 2.45) is 0 Å². The molecule has 1 aliphatic rings. The molecule has 1 fully saturated rings. The molecule has 0 radical (unpaired) electrons. The number of carbonyl (C=O) groups excluding carboxylic acids is 2. The molecular formula is C65H113NO10. The second kappa shape index (κ2) is 52.5. The molecule has 1 rings (SSSR count). The summed E-state index contributed by atoms with van der Waals surface area (Å²) in [7, 11) is 0. The predicted octanol–water partition coefficient (Wildman–Crippen LogP) is 14.6. The van der Waals surface area contributed by atoms with Crippen molar-refractivity contribution < 1.29 is 49.3 Å². The van der Waals surface area contributed by atoms with Gasteiger partial charge in [-0.2, -0.15) is 0 Å². The Bertz CT molecular complexity index is 1560. The molecule has 8 atom stereocenters. The van der Waals surface area contributed by atoms with Crippen molar-refractivity contribution in [1.29, 1.82) is 0 Å². The van der Waals surface area contributed by atoms with Crippen LogP contribution in [0, 0.1) is 0 Å². The standard InChI is InChI=1S/C65H113NO10/c1-4-7-10-13-16-19-22-24-26-27-28-29-30-31-32-33-34-37-40-43-46-49-52-58(69)64(73)66-56(57(68)51-48-45-42-39-36-21-18-15-12-9-6-3)55-74-65-63(62(72)61(71)59(54-67)75-65)76-60(70)53-50-47-44-41-38-35-25-23-20-17-14-11-8-5-2/h7,10,16,19,24,26,28-29,31-32,35,38,48,51,56-59,61-63,65,67-69,71-72H,4-6,8-9,11-15,17-18,20-23,25,27,30,33-34,36-37,39-47,49-50,52-55H2,1-3H3,(H,66,73)/b10-7-,19-16-,26-24-,29-28-,32-31-,38-35-,51-48+. The summed E-state index contributed by atoms with van der Waals surface area (Å²) in [6, 6.07) is -1.04. The number of amides is 1. The van der Waals surface area contributed by atoms with Gasteiger partial charge in [-0.1, -0.05) is 234 Å². The molecule has 0 aromatic heterocycles. The fourth-order valence-corrected chi connectivity index (χ4v) is 9.14. The molecule has 0 spiro atoms. The quantitative estimate of drug-likeness (QED) is 0.0195. The molecule has 0 aromatic carbocycles. The summed E-state index contributed by atoms with van der Waals surface area (Å²) >= 11 is 0. The number of esters is 1. The highest BCUT2D eigenvalue weighted by Gasteiger charge is 2.47. The van der Waals surface area contributed by atoms with E-state index in [-0.39, 0.29) is 19.4 Å². The van der Waals surface area contributed by atoms with Gasteiger partial charge in [0.25, 0.3) is 0 Å². The second-order valence-electron chi connectivity index (χ2n) is 21.0. The number of hydrogen-bond donors (Lipinski definition) is 6. The summed E-state index contributed by atoms with van der Waals surface area (Å²) in [5.74, 6) is -1.23. The highest BCUT2D eigenvalue weighted by molar-refractivity contribution is 5.80. The highest BCUT2D eigenvalue weighted by Crippen LogP contribution is 2.26. The molecule has 11 nitrogen and oxygen atoms in total. The van der Waals surface area contributed by atoms with Gasteiger partial charge in [-0.25, -0.2) is 0 Å². The van der Waals surface area contributed by atoms with Gasteiger partial charge >= 0.3 is 5.97 Å². The zero-order valence-corrected chi connectivity index (χ0v) is 48.3. The van der Waals surface area contributed by atoms with E-state index in [0.717, 1.165) is 122 Å². The van der Waals surface area contributed by atoms with Gasteiger partial charge < -0.3 is 45.1 Å². The van der Waals surface area contributed by atoms with Crippen LogP contribution in [0.15, 0.2) is 85.1 Å². The monoisotopic (exact) mass is 1070 g/mol. The van der Waals surface area contributed by atoms with Crippen LogP contribution >= 0.6 is 0 Å². The lowest BCUT2D eigenvalue weighted by Crippen LogP contribution is -2.61. The summed E-state index contributed by atoms with van der Waals surface area (Å²) in [4.78, 5) is 26.5. The van der Waals surface area contributed by atoms with E-state index in [0.29, 0.717) is 12.8 Å². The molecule has 1 heterocycles. The lowest BCUT2D eigenvalue weighted by atomic mass is 9.99. The maximum Gasteiger partial charge on any atom is 0.306 e. The molecule has 8 unspecified atom stereocenters. The van der Waals surface area contributed by atoms with Gasteiger partial charge in [-0.15, -0.1) is 0 Å². The van der Waals surface area contributed by atoms with Crippen molar-refractivity contribution in [1.82, 2.24) is 5.32 Å². The van der Waals surface area contributed by atoms with Crippen molar-refractivity contribution in [3.05, 3.63) is 85.1 Å². The Morgan fingerprint density at radius 1 is 0.526 bits per heavy atom. The summed E-state index contributed by atoms with van der Waals surface area (Å²) < 4.78 is 17.6. The first-order chi connectivity index (χ1) is 37.2. The van der Waals surface area contributed by atoms with Gasteiger partial charge in [0, 0.05) is 6.42 Å². The average Bonchev–Trinajstić information content (AvgIpc) is 3.42. The third kappa shape index (κ3) is 40.1. The summed E-state index contributed by atoms with van der Waals surface area (Å²) in [6.45, 7) is 5.64. The van der Waals surface area contributed by atoms with E-state index in [4.69, 9.17) is 14.2 Å². The Kier molecular flexibility index (Phi) is 49.0. The fraction of sp³-hybridized carbons (Fsp3) is 0.754. The summed E-state index contributed by atoms with van der Waals surface area (Å²) in [5, 5.41) is 56.9. The second-order valence-corrected chi connectivity index (χ2v) is 21.0. The van der Waals surface area contributed by atoms with E-state index in [1.54, 1.807) is 6.08 Å². The summed E-state index contributed by atoms with van der Waals surface area (Å²) in [6.07, 6.45) is 57.7. The molecule has 1 amide bonds. The molecule has 0 aromatic rings. The van der Waals surface area contributed by atoms with Crippen LogP contribution in [0.3, 0.4) is 0 Å². The van der Waals surface area contributed by atoms with Crippen molar-refractivity contribution >= 4 is 11.9 Å². The van der Waals surface area contributed by atoms with Crippen molar-refractivity contribution in [2.45, 2.75) is 301 Å². The number of carbonyl (C=O) groups is 2. The smallest absolute Gasteiger partial charge is 0.306 e. The molecule has 1 aliphatic heterocycles. The lowest BCUT2D eigenvalue weighted by Gasteiger charge is -2.41. The largest absolute Gasteiger partial charge is 0.454 e. The van der Waals surface area contributed by atoms with Crippen LogP contribution in [-0.4, -0.2) is 99.6 Å². The molecule has 0 aliphatic carbocycles. The van der Waals surface area contributed by atoms with Crippen LogP contribution in [-0.2, 0) is 23.8 Å². The number of ether oxygens (including phenoxy) is 3. The van der Waals surface area contributed by atoms with Crippen molar-refractivity contribution in [2.75, 3.05) is 13.2 Å². The molecule has 11 heteroatoms. The first kappa shape index (κ1) is 70.9. The van der Waals surface area contributed by atoms with E-state index in [9.17, 15) is 35.1 Å². The third-order valence-electron chi connectivity index (χ3n) is 14.0. The minimum atomic E-state index is -1.62. The molecular weight excluding hydrogens is 955 g/mol. The summed E-state index contributed by atoms with van der Waals surface area (Å²) in [5.41, 5.74) is 0. The van der Waals surface area contributed by atoms with Gasteiger partial charge in [-0.3, -0.25) is 9.59 Å².